The first-order valence-electron chi connectivity index (χ1n) is 10.8. The molecule has 3 amide bonds. The number of carbonyl (C=O) groups is 3. The van der Waals surface area contributed by atoms with Crippen molar-refractivity contribution in [3.05, 3.63) is 54.1 Å². The molecule has 2 aromatic carbocycles. The Kier molecular flexibility index (Phi) is 6.30. The van der Waals surface area contributed by atoms with Crippen LogP contribution in [0.4, 0.5) is 5.69 Å². The largest absolute Gasteiger partial charge is 0.486 e. The number of anilines is 1. The van der Waals surface area contributed by atoms with E-state index in [4.69, 9.17) is 9.47 Å². The van der Waals surface area contributed by atoms with Gasteiger partial charge >= 0.3 is 0 Å². The summed E-state index contributed by atoms with van der Waals surface area (Å²) in [5, 5.41) is 5.65. The van der Waals surface area contributed by atoms with Crippen molar-refractivity contribution in [1.82, 2.24) is 10.6 Å². The van der Waals surface area contributed by atoms with Gasteiger partial charge in [0.05, 0.1) is 12.0 Å². The number of fused-ring (bicyclic) bond motifs is 1. The minimum absolute atomic E-state index is 0.0923. The van der Waals surface area contributed by atoms with Crippen molar-refractivity contribution in [2.24, 2.45) is 5.92 Å². The van der Waals surface area contributed by atoms with Gasteiger partial charge in [0.1, 0.15) is 19.3 Å². The summed E-state index contributed by atoms with van der Waals surface area (Å²) in [7, 11) is 0. The van der Waals surface area contributed by atoms with Crippen LogP contribution in [0, 0.1) is 5.92 Å². The van der Waals surface area contributed by atoms with Crippen LogP contribution in [0.1, 0.15) is 31.9 Å². The standard InChI is InChI=1S/C24H27N3O5/c1-15(17-6-4-3-5-7-17)25-23(29)16(2)26-24(30)18-12-22(28)27(14-18)19-8-9-20-21(13-19)32-11-10-31-20/h3-9,13,15-16,18H,10-12,14H2,1-2H3,(H,25,29)(H,26,30)/t15-,16-,18+/m0/s1. The molecule has 2 heterocycles. The van der Waals surface area contributed by atoms with E-state index in [1.807, 2.05) is 37.3 Å². The molecule has 8 nitrogen and oxygen atoms in total. The minimum Gasteiger partial charge on any atom is -0.486 e. The molecule has 1 fully saturated rings. The Morgan fingerprint density at radius 1 is 1.00 bits per heavy atom. The fourth-order valence-electron chi connectivity index (χ4n) is 3.89. The van der Waals surface area contributed by atoms with E-state index in [0.29, 0.717) is 30.4 Å². The quantitative estimate of drug-likeness (QED) is 0.722. The number of ether oxygens (including phenoxy) is 2. The highest BCUT2D eigenvalue weighted by molar-refractivity contribution is 6.01. The number of hydrogen-bond acceptors (Lipinski definition) is 5. The van der Waals surface area contributed by atoms with Gasteiger partial charge in [0.15, 0.2) is 11.5 Å². The Bertz CT molecular complexity index is 1010. The monoisotopic (exact) mass is 437 g/mol. The van der Waals surface area contributed by atoms with E-state index >= 15 is 0 Å². The summed E-state index contributed by atoms with van der Waals surface area (Å²) in [6.45, 7) is 4.73. The van der Waals surface area contributed by atoms with Gasteiger partial charge in [-0.1, -0.05) is 30.3 Å². The van der Waals surface area contributed by atoms with E-state index in [1.165, 1.54) is 0 Å². The van der Waals surface area contributed by atoms with Crippen molar-refractivity contribution >= 4 is 23.4 Å². The first-order valence-corrected chi connectivity index (χ1v) is 10.8. The zero-order chi connectivity index (χ0) is 22.7. The summed E-state index contributed by atoms with van der Waals surface area (Å²) >= 11 is 0. The van der Waals surface area contributed by atoms with Crippen LogP contribution in [0.5, 0.6) is 11.5 Å². The Labute approximate surface area is 186 Å². The van der Waals surface area contributed by atoms with Crippen LogP contribution in [0.25, 0.3) is 0 Å². The fourth-order valence-corrected chi connectivity index (χ4v) is 3.89. The lowest BCUT2D eigenvalue weighted by Crippen LogP contribution is -2.47. The lowest BCUT2D eigenvalue weighted by Gasteiger charge is -2.22. The van der Waals surface area contributed by atoms with Crippen molar-refractivity contribution < 1.29 is 23.9 Å². The third-order valence-corrected chi connectivity index (χ3v) is 5.74. The lowest BCUT2D eigenvalue weighted by atomic mass is 10.1. The average Bonchev–Trinajstić information content (AvgIpc) is 3.21. The topological polar surface area (TPSA) is 97.0 Å². The highest BCUT2D eigenvalue weighted by atomic mass is 16.6. The second-order valence-corrected chi connectivity index (χ2v) is 8.10. The summed E-state index contributed by atoms with van der Waals surface area (Å²) in [5.41, 5.74) is 1.65. The predicted octanol–water partition coefficient (Wildman–Crippen LogP) is 2.19. The molecule has 1 saturated heterocycles. The summed E-state index contributed by atoms with van der Waals surface area (Å²) < 4.78 is 11.1. The molecule has 0 bridgehead atoms. The molecule has 32 heavy (non-hydrogen) atoms. The fraction of sp³-hybridized carbons (Fsp3) is 0.375. The normalized spacial score (nSPS) is 19.2. The van der Waals surface area contributed by atoms with Gasteiger partial charge in [-0.2, -0.15) is 0 Å². The molecule has 0 unspecified atom stereocenters. The molecule has 2 aliphatic heterocycles. The Morgan fingerprint density at radius 3 is 2.47 bits per heavy atom. The first kappa shape index (κ1) is 21.7. The van der Waals surface area contributed by atoms with Crippen LogP contribution in [-0.2, 0) is 14.4 Å². The van der Waals surface area contributed by atoms with Gasteiger partial charge < -0.3 is 25.0 Å². The van der Waals surface area contributed by atoms with Gasteiger partial charge in [0, 0.05) is 24.7 Å². The highest BCUT2D eigenvalue weighted by Gasteiger charge is 2.36. The van der Waals surface area contributed by atoms with Crippen LogP contribution in [0.2, 0.25) is 0 Å². The van der Waals surface area contributed by atoms with Gasteiger partial charge in [-0.15, -0.1) is 0 Å². The molecule has 0 aliphatic carbocycles. The van der Waals surface area contributed by atoms with E-state index in [0.717, 1.165) is 5.56 Å². The molecule has 8 heteroatoms. The van der Waals surface area contributed by atoms with Crippen LogP contribution in [0.3, 0.4) is 0 Å². The molecule has 168 valence electrons. The predicted molar refractivity (Wildman–Crippen MR) is 118 cm³/mol. The number of carbonyl (C=O) groups excluding carboxylic acids is 3. The summed E-state index contributed by atoms with van der Waals surface area (Å²) in [5.74, 6) is -0.0250. The van der Waals surface area contributed by atoms with Crippen molar-refractivity contribution in [2.75, 3.05) is 24.7 Å². The molecule has 0 spiro atoms. The van der Waals surface area contributed by atoms with E-state index in [-0.39, 0.29) is 36.7 Å². The van der Waals surface area contributed by atoms with E-state index < -0.39 is 12.0 Å². The number of benzene rings is 2. The maximum absolute atomic E-state index is 12.8. The maximum Gasteiger partial charge on any atom is 0.242 e. The Balaban J connectivity index is 1.34. The van der Waals surface area contributed by atoms with Crippen LogP contribution in [-0.4, -0.2) is 43.5 Å². The number of hydrogen-bond donors (Lipinski definition) is 2. The number of rotatable bonds is 6. The second kappa shape index (κ2) is 9.30. The third kappa shape index (κ3) is 4.69. The third-order valence-electron chi connectivity index (χ3n) is 5.74. The zero-order valence-corrected chi connectivity index (χ0v) is 18.2. The first-order chi connectivity index (χ1) is 15.4. The molecular weight excluding hydrogens is 410 g/mol. The molecule has 2 aromatic rings. The lowest BCUT2D eigenvalue weighted by molar-refractivity contribution is -0.131. The molecule has 2 N–H and O–H groups in total. The van der Waals surface area contributed by atoms with Crippen molar-refractivity contribution in [2.45, 2.75) is 32.4 Å². The summed E-state index contributed by atoms with van der Waals surface area (Å²) in [4.78, 5) is 39.4. The molecule has 3 atom stereocenters. The van der Waals surface area contributed by atoms with Gasteiger partial charge in [0.2, 0.25) is 17.7 Å². The smallest absolute Gasteiger partial charge is 0.242 e. The zero-order valence-electron chi connectivity index (χ0n) is 18.2. The molecule has 0 aromatic heterocycles. The molecule has 0 saturated carbocycles. The Hall–Kier alpha value is -3.55. The van der Waals surface area contributed by atoms with Gasteiger partial charge in [-0.25, -0.2) is 0 Å². The molecular formula is C24H27N3O5. The number of amides is 3. The molecule has 4 rings (SSSR count). The van der Waals surface area contributed by atoms with Crippen LogP contribution in [0.15, 0.2) is 48.5 Å². The van der Waals surface area contributed by atoms with Crippen LogP contribution < -0.4 is 25.0 Å². The van der Waals surface area contributed by atoms with Gasteiger partial charge in [-0.05, 0) is 31.5 Å². The maximum atomic E-state index is 12.8. The SMILES string of the molecule is C[C@H](NC(=O)[C@@H]1CC(=O)N(c2ccc3c(c2)OCCO3)C1)C(=O)N[C@@H](C)c1ccccc1. The van der Waals surface area contributed by atoms with Crippen molar-refractivity contribution in [3.63, 3.8) is 0 Å². The van der Waals surface area contributed by atoms with Crippen molar-refractivity contribution in [1.29, 1.82) is 0 Å². The Morgan fingerprint density at radius 2 is 1.72 bits per heavy atom. The highest BCUT2D eigenvalue weighted by Crippen LogP contribution is 2.36. The second-order valence-electron chi connectivity index (χ2n) is 8.10. The van der Waals surface area contributed by atoms with E-state index in [1.54, 1.807) is 30.0 Å². The van der Waals surface area contributed by atoms with Gasteiger partial charge in [-0.3, -0.25) is 14.4 Å². The summed E-state index contributed by atoms with van der Waals surface area (Å²) in [6, 6.07) is 14.0. The average molecular weight is 437 g/mol. The number of nitrogens with one attached hydrogen (secondary N) is 2. The van der Waals surface area contributed by atoms with E-state index in [9.17, 15) is 14.4 Å². The molecule has 2 aliphatic rings. The minimum atomic E-state index is -0.716. The van der Waals surface area contributed by atoms with Crippen LogP contribution >= 0.6 is 0 Å². The molecule has 0 radical (unpaired) electrons. The summed E-state index contributed by atoms with van der Waals surface area (Å²) in [6.07, 6.45) is 0.0923. The van der Waals surface area contributed by atoms with Crippen molar-refractivity contribution in [3.8, 4) is 11.5 Å². The number of nitrogens with zero attached hydrogens (tertiary/aromatic N) is 1. The van der Waals surface area contributed by atoms with E-state index in [2.05, 4.69) is 10.6 Å². The van der Waals surface area contributed by atoms with Gasteiger partial charge in [0.25, 0.3) is 0 Å².